The second-order valence-electron chi connectivity index (χ2n) is 5.00. The standard InChI is InChI=1S/C13H6F5N5O3S/c14-7-2-1-6(5-8(7)15)11-19-12(13(16,17)18)22-23(11)9-3-4-10(21-20-9)27(24,25)26/h1-5H,(H,24,25,26). The summed E-state index contributed by atoms with van der Waals surface area (Å²) >= 11 is 0. The summed E-state index contributed by atoms with van der Waals surface area (Å²) < 4.78 is 96.7. The van der Waals surface area contributed by atoms with Crippen LogP contribution in [0.25, 0.3) is 17.2 Å². The summed E-state index contributed by atoms with van der Waals surface area (Å²) in [6.07, 6.45) is -4.96. The molecule has 0 fully saturated rings. The number of alkyl halides is 3. The number of nitrogens with zero attached hydrogens (tertiary/aromatic N) is 5. The molecule has 0 aliphatic carbocycles. The van der Waals surface area contributed by atoms with E-state index in [1.807, 2.05) is 0 Å². The lowest BCUT2D eigenvalue weighted by molar-refractivity contribution is -0.144. The van der Waals surface area contributed by atoms with Crippen molar-refractivity contribution in [3.8, 4) is 17.2 Å². The van der Waals surface area contributed by atoms with Crippen LogP contribution in [0, 0.1) is 11.6 Å². The number of aromatic nitrogens is 5. The maximum absolute atomic E-state index is 13.4. The summed E-state index contributed by atoms with van der Waals surface area (Å²) in [5, 5.41) is 8.92. The van der Waals surface area contributed by atoms with E-state index in [0.717, 1.165) is 18.2 Å². The molecular formula is C13H6F5N5O3S. The third kappa shape index (κ3) is 3.75. The normalized spacial score (nSPS) is 12.4. The van der Waals surface area contributed by atoms with Gasteiger partial charge in [-0.05, 0) is 30.3 Å². The van der Waals surface area contributed by atoms with E-state index in [1.165, 1.54) is 0 Å². The van der Waals surface area contributed by atoms with Crippen molar-refractivity contribution in [3.05, 3.63) is 47.8 Å². The molecule has 0 bridgehead atoms. The summed E-state index contributed by atoms with van der Waals surface area (Å²) in [5.74, 6) is -5.11. The minimum Gasteiger partial charge on any atom is -0.281 e. The molecule has 8 nitrogen and oxygen atoms in total. The van der Waals surface area contributed by atoms with Crippen LogP contribution in [-0.4, -0.2) is 37.9 Å². The molecule has 0 unspecified atom stereocenters. The molecule has 27 heavy (non-hydrogen) atoms. The van der Waals surface area contributed by atoms with Crippen molar-refractivity contribution in [1.82, 2.24) is 25.0 Å². The van der Waals surface area contributed by atoms with Gasteiger partial charge in [0.1, 0.15) is 0 Å². The molecular weight excluding hydrogens is 401 g/mol. The Labute approximate surface area is 147 Å². The summed E-state index contributed by atoms with van der Waals surface area (Å²) in [6.45, 7) is 0. The summed E-state index contributed by atoms with van der Waals surface area (Å²) in [5.41, 5.74) is -0.252. The quantitative estimate of drug-likeness (QED) is 0.524. The zero-order valence-corrected chi connectivity index (χ0v) is 13.5. The van der Waals surface area contributed by atoms with E-state index in [9.17, 15) is 30.4 Å². The molecule has 1 N–H and O–H groups in total. The molecule has 14 heteroatoms. The summed E-state index contributed by atoms with van der Waals surface area (Å²) in [7, 11) is -4.68. The van der Waals surface area contributed by atoms with E-state index in [2.05, 4.69) is 20.3 Å². The lowest BCUT2D eigenvalue weighted by atomic mass is 10.2. The first-order chi connectivity index (χ1) is 12.5. The van der Waals surface area contributed by atoms with Gasteiger partial charge in [0, 0.05) is 5.56 Å². The van der Waals surface area contributed by atoms with Crippen LogP contribution < -0.4 is 0 Å². The van der Waals surface area contributed by atoms with Crippen LogP contribution in [0.3, 0.4) is 0 Å². The van der Waals surface area contributed by atoms with E-state index in [1.54, 1.807) is 0 Å². The summed E-state index contributed by atoms with van der Waals surface area (Å²) in [6, 6.07) is 3.93. The minimum atomic E-state index is -4.96. The molecule has 3 rings (SSSR count). The smallest absolute Gasteiger partial charge is 0.281 e. The molecule has 0 saturated heterocycles. The average Bonchev–Trinajstić information content (AvgIpc) is 3.02. The first-order valence-corrected chi connectivity index (χ1v) is 8.22. The Bertz CT molecular complexity index is 1110. The molecule has 2 aromatic heterocycles. The van der Waals surface area contributed by atoms with Gasteiger partial charge in [-0.25, -0.2) is 13.8 Å². The highest BCUT2D eigenvalue weighted by Crippen LogP contribution is 2.30. The monoisotopic (exact) mass is 407 g/mol. The van der Waals surface area contributed by atoms with Crippen LogP contribution in [0.1, 0.15) is 5.82 Å². The lowest BCUT2D eigenvalue weighted by Crippen LogP contribution is -2.10. The van der Waals surface area contributed by atoms with Crippen molar-refractivity contribution in [1.29, 1.82) is 0 Å². The lowest BCUT2D eigenvalue weighted by Gasteiger charge is -2.05. The van der Waals surface area contributed by atoms with Crippen LogP contribution in [-0.2, 0) is 16.3 Å². The number of halogens is 5. The Morgan fingerprint density at radius 1 is 1.00 bits per heavy atom. The van der Waals surface area contributed by atoms with Crippen molar-refractivity contribution in [2.75, 3.05) is 0 Å². The number of rotatable bonds is 3. The van der Waals surface area contributed by atoms with Crippen molar-refractivity contribution in [2.45, 2.75) is 11.2 Å². The van der Waals surface area contributed by atoms with Crippen molar-refractivity contribution in [3.63, 3.8) is 0 Å². The fourth-order valence-corrected chi connectivity index (χ4v) is 2.36. The van der Waals surface area contributed by atoms with E-state index < -0.39 is 50.4 Å². The Morgan fingerprint density at radius 2 is 1.70 bits per heavy atom. The van der Waals surface area contributed by atoms with Gasteiger partial charge in [-0.3, -0.25) is 4.55 Å². The zero-order chi connectivity index (χ0) is 20.0. The Kier molecular flexibility index (Phi) is 4.39. The van der Waals surface area contributed by atoms with Gasteiger partial charge in [-0.1, -0.05) is 0 Å². The van der Waals surface area contributed by atoms with Gasteiger partial charge < -0.3 is 0 Å². The topological polar surface area (TPSA) is 111 Å². The fourth-order valence-electron chi connectivity index (χ4n) is 1.98. The molecule has 0 aliphatic rings. The van der Waals surface area contributed by atoms with Crippen LogP contribution in [0.2, 0.25) is 0 Å². The van der Waals surface area contributed by atoms with Gasteiger partial charge in [0.25, 0.3) is 5.82 Å². The fraction of sp³-hybridized carbons (Fsp3) is 0.0769. The van der Waals surface area contributed by atoms with Crippen LogP contribution in [0.5, 0.6) is 0 Å². The SMILES string of the molecule is O=S(=O)(O)c1ccc(-n2nc(C(F)(F)F)nc2-c2ccc(F)c(F)c2)nn1. The molecule has 2 heterocycles. The van der Waals surface area contributed by atoms with Crippen LogP contribution in [0.4, 0.5) is 22.0 Å². The maximum Gasteiger partial charge on any atom is 0.453 e. The number of benzene rings is 1. The molecule has 0 saturated carbocycles. The second-order valence-corrected chi connectivity index (χ2v) is 6.37. The molecule has 0 amide bonds. The molecule has 142 valence electrons. The highest BCUT2D eigenvalue weighted by Gasteiger charge is 2.37. The molecule has 3 aromatic rings. The van der Waals surface area contributed by atoms with Gasteiger partial charge in [0.05, 0.1) is 0 Å². The molecule has 0 spiro atoms. The Hall–Kier alpha value is -3.00. The zero-order valence-electron chi connectivity index (χ0n) is 12.7. The van der Waals surface area contributed by atoms with E-state index in [0.29, 0.717) is 16.8 Å². The van der Waals surface area contributed by atoms with E-state index >= 15 is 0 Å². The maximum atomic E-state index is 13.4. The molecule has 0 atom stereocenters. The van der Waals surface area contributed by atoms with Gasteiger partial charge in [-0.2, -0.15) is 26.3 Å². The third-order valence-electron chi connectivity index (χ3n) is 3.15. The van der Waals surface area contributed by atoms with Crippen LogP contribution >= 0.6 is 0 Å². The second kappa shape index (κ2) is 6.31. The van der Waals surface area contributed by atoms with Gasteiger partial charge in [0.15, 0.2) is 23.3 Å². The van der Waals surface area contributed by atoms with Gasteiger partial charge in [-0.15, -0.1) is 15.3 Å². The van der Waals surface area contributed by atoms with Gasteiger partial charge >= 0.3 is 16.3 Å². The first kappa shape index (κ1) is 18.8. The average molecular weight is 407 g/mol. The molecule has 0 aliphatic heterocycles. The van der Waals surface area contributed by atoms with Crippen LogP contribution in [0.15, 0.2) is 35.4 Å². The number of hydrogen-bond donors (Lipinski definition) is 1. The Balaban J connectivity index is 2.19. The highest BCUT2D eigenvalue weighted by molar-refractivity contribution is 7.85. The van der Waals surface area contributed by atoms with Crippen molar-refractivity contribution in [2.24, 2.45) is 0 Å². The minimum absolute atomic E-state index is 0.252. The first-order valence-electron chi connectivity index (χ1n) is 6.78. The largest absolute Gasteiger partial charge is 0.453 e. The summed E-state index contributed by atoms with van der Waals surface area (Å²) in [4.78, 5) is 3.27. The molecule has 0 radical (unpaired) electrons. The Morgan fingerprint density at radius 3 is 2.22 bits per heavy atom. The number of hydrogen-bond acceptors (Lipinski definition) is 6. The third-order valence-corrected chi connectivity index (χ3v) is 3.89. The highest BCUT2D eigenvalue weighted by atomic mass is 32.2. The predicted octanol–water partition coefficient (Wildman–Crippen LogP) is 2.27. The van der Waals surface area contributed by atoms with E-state index in [4.69, 9.17) is 4.55 Å². The van der Waals surface area contributed by atoms with Crippen molar-refractivity contribution < 1.29 is 34.9 Å². The molecule has 1 aromatic carbocycles. The van der Waals surface area contributed by atoms with E-state index in [-0.39, 0.29) is 5.56 Å². The van der Waals surface area contributed by atoms with Gasteiger partial charge in [0.2, 0.25) is 5.03 Å². The predicted molar refractivity (Wildman–Crippen MR) is 77.1 cm³/mol. The van der Waals surface area contributed by atoms with Crippen molar-refractivity contribution >= 4 is 10.1 Å².